The molecule has 140 valence electrons. The molecule has 3 aromatic rings. The van der Waals surface area contributed by atoms with Crippen LogP contribution in [-0.4, -0.2) is 36.1 Å². The summed E-state index contributed by atoms with van der Waals surface area (Å²) in [6.07, 6.45) is 4.24. The monoisotopic (exact) mass is 362 g/mol. The molecule has 3 N–H and O–H groups in total. The minimum atomic E-state index is 0.316. The van der Waals surface area contributed by atoms with Gasteiger partial charge in [0.2, 0.25) is 0 Å². The molecule has 0 saturated carbocycles. The fourth-order valence-electron chi connectivity index (χ4n) is 3.54. The number of likely N-dealkylation sites (tertiary alicyclic amines) is 1. The molecule has 1 fully saturated rings. The molecule has 0 atom stereocenters. The molecule has 5 heteroatoms. The van der Waals surface area contributed by atoms with E-state index in [0.29, 0.717) is 11.9 Å². The third-order valence-corrected chi connectivity index (χ3v) is 5.16. The van der Waals surface area contributed by atoms with Gasteiger partial charge in [-0.05, 0) is 55.1 Å². The molecule has 0 spiro atoms. The Kier molecular flexibility index (Phi) is 5.12. The molecule has 0 bridgehead atoms. The van der Waals surface area contributed by atoms with Gasteiger partial charge < -0.3 is 20.7 Å². The van der Waals surface area contributed by atoms with Crippen LogP contribution in [0.15, 0.2) is 54.7 Å². The summed E-state index contributed by atoms with van der Waals surface area (Å²) < 4.78 is 6.18. The van der Waals surface area contributed by atoms with E-state index in [-0.39, 0.29) is 0 Å². The smallest absolute Gasteiger partial charge is 0.131 e. The van der Waals surface area contributed by atoms with Crippen LogP contribution in [0.25, 0.3) is 10.8 Å². The second kappa shape index (κ2) is 7.84. The number of ether oxygens (including phenoxy) is 1. The summed E-state index contributed by atoms with van der Waals surface area (Å²) in [5.74, 6) is 1.51. The highest BCUT2D eigenvalue weighted by atomic mass is 16.5. The molecular formula is C22H26N4O. The number of piperidine rings is 1. The molecule has 5 nitrogen and oxygen atoms in total. The van der Waals surface area contributed by atoms with Crippen molar-refractivity contribution in [1.29, 1.82) is 0 Å². The highest BCUT2D eigenvalue weighted by Crippen LogP contribution is 2.24. The molecule has 2 heterocycles. The van der Waals surface area contributed by atoms with Crippen LogP contribution in [0.2, 0.25) is 0 Å². The van der Waals surface area contributed by atoms with Crippen molar-refractivity contribution in [2.24, 2.45) is 0 Å². The Balaban J connectivity index is 1.40. The van der Waals surface area contributed by atoms with Crippen molar-refractivity contribution in [3.63, 3.8) is 0 Å². The van der Waals surface area contributed by atoms with E-state index in [2.05, 4.69) is 46.5 Å². The van der Waals surface area contributed by atoms with E-state index in [0.717, 1.165) is 54.7 Å². The molecular weight excluding hydrogens is 336 g/mol. The highest BCUT2D eigenvalue weighted by molar-refractivity contribution is 5.91. The molecule has 0 unspecified atom stereocenters. The summed E-state index contributed by atoms with van der Waals surface area (Å²) >= 11 is 0. The van der Waals surface area contributed by atoms with E-state index in [1.807, 2.05) is 24.3 Å². The number of rotatable bonds is 5. The fraction of sp³-hybridized carbons (Fsp3) is 0.318. The lowest BCUT2D eigenvalue weighted by Gasteiger charge is -2.29. The number of hydrogen-bond acceptors (Lipinski definition) is 5. The number of nitrogens with one attached hydrogen (secondary N) is 1. The second-order valence-electron chi connectivity index (χ2n) is 7.25. The fourth-order valence-corrected chi connectivity index (χ4v) is 3.54. The van der Waals surface area contributed by atoms with Crippen LogP contribution in [0.4, 0.5) is 11.5 Å². The number of anilines is 2. The standard InChI is InChI=1S/C22H26N4O/c1-26-11-8-19(9-12-26)27-20-4-2-3-18(14-20)25-15-16-5-6-21-17(13-16)7-10-24-22(21)23/h2-7,10,13-14,19,25H,8-9,11-12,15H2,1H3,(H2,23,24). The lowest BCUT2D eigenvalue weighted by atomic mass is 10.1. The van der Waals surface area contributed by atoms with E-state index in [9.17, 15) is 0 Å². The van der Waals surface area contributed by atoms with Crippen molar-refractivity contribution in [2.75, 3.05) is 31.2 Å². The Morgan fingerprint density at radius 2 is 2.00 bits per heavy atom. The molecule has 4 rings (SSSR count). The summed E-state index contributed by atoms with van der Waals surface area (Å²) in [4.78, 5) is 6.49. The number of nitrogens with zero attached hydrogens (tertiary/aromatic N) is 2. The minimum Gasteiger partial charge on any atom is -0.490 e. The number of pyridine rings is 1. The van der Waals surface area contributed by atoms with Crippen LogP contribution in [-0.2, 0) is 6.54 Å². The van der Waals surface area contributed by atoms with Crippen molar-refractivity contribution in [3.05, 3.63) is 60.3 Å². The third kappa shape index (κ3) is 4.31. The largest absolute Gasteiger partial charge is 0.490 e. The number of fused-ring (bicyclic) bond motifs is 1. The minimum absolute atomic E-state index is 0.316. The van der Waals surface area contributed by atoms with Crippen LogP contribution in [0.5, 0.6) is 5.75 Å². The van der Waals surface area contributed by atoms with Gasteiger partial charge in [-0.15, -0.1) is 0 Å². The lowest BCUT2D eigenvalue weighted by molar-refractivity contribution is 0.114. The number of nitrogens with two attached hydrogens (primary N) is 1. The van der Waals surface area contributed by atoms with E-state index in [4.69, 9.17) is 10.5 Å². The number of hydrogen-bond donors (Lipinski definition) is 2. The Bertz CT molecular complexity index is 919. The Hall–Kier alpha value is -2.79. The Morgan fingerprint density at radius 1 is 1.15 bits per heavy atom. The first-order chi connectivity index (χ1) is 13.2. The van der Waals surface area contributed by atoms with Crippen LogP contribution in [0, 0.1) is 0 Å². The summed E-state index contributed by atoms with van der Waals surface area (Å²) in [5.41, 5.74) is 8.20. The Morgan fingerprint density at radius 3 is 2.85 bits per heavy atom. The first-order valence-corrected chi connectivity index (χ1v) is 9.49. The second-order valence-corrected chi connectivity index (χ2v) is 7.25. The highest BCUT2D eigenvalue weighted by Gasteiger charge is 2.17. The molecule has 1 aliphatic rings. The van der Waals surface area contributed by atoms with Crippen molar-refractivity contribution < 1.29 is 4.74 Å². The van der Waals surface area contributed by atoms with E-state index >= 15 is 0 Å². The number of aromatic nitrogens is 1. The van der Waals surface area contributed by atoms with Crippen LogP contribution in [0.1, 0.15) is 18.4 Å². The molecule has 2 aromatic carbocycles. The zero-order valence-corrected chi connectivity index (χ0v) is 15.7. The van der Waals surface area contributed by atoms with Crippen molar-refractivity contribution in [1.82, 2.24) is 9.88 Å². The first-order valence-electron chi connectivity index (χ1n) is 9.49. The lowest BCUT2D eigenvalue weighted by Crippen LogP contribution is -2.35. The predicted molar refractivity (Wildman–Crippen MR) is 111 cm³/mol. The molecule has 0 amide bonds. The first kappa shape index (κ1) is 17.6. The quantitative estimate of drug-likeness (QED) is 0.721. The average Bonchev–Trinajstić information content (AvgIpc) is 2.69. The number of nitrogen functional groups attached to an aromatic ring is 1. The van der Waals surface area contributed by atoms with Gasteiger partial charge in [0.25, 0.3) is 0 Å². The number of benzene rings is 2. The maximum absolute atomic E-state index is 6.18. The van der Waals surface area contributed by atoms with Gasteiger partial charge >= 0.3 is 0 Å². The Labute approximate surface area is 160 Å². The van der Waals surface area contributed by atoms with Crippen LogP contribution >= 0.6 is 0 Å². The van der Waals surface area contributed by atoms with E-state index in [1.165, 1.54) is 5.56 Å². The zero-order valence-electron chi connectivity index (χ0n) is 15.7. The summed E-state index contributed by atoms with van der Waals surface area (Å²) in [7, 11) is 2.17. The normalized spacial score (nSPS) is 15.7. The van der Waals surface area contributed by atoms with Gasteiger partial charge in [0, 0.05) is 43.0 Å². The summed E-state index contributed by atoms with van der Waals surface area (Å²) in [5, 5.41) is 5.60. The molecule has 1 aromatic heterocycles. The van der Waals surface area contributed by atoms with Gasteiger partial charge in [-0.25, -0.2) is 4.98 Å². The third-order valence-electron chi connectivity index (χ3n) is 5.16. The molecule has 1 aliphatic heterocycles. The van der Waals surface area contributed by atoms with Crippen LogP contribution in [0.3, 0.4) is 0 Å². The van der Waals surface area contributed by atoms with E-state index in [1.54, 1.807) is 6.20 Å². The summed E-state index contributed by atoms with van der Waals surface area (Å²) in [6.45, 7) is 2.95. The van der Waals surface area contributed by atoms with E-state index < -0.39 is 0 Å². The van der Waals surface area contributed by atoms with Crippen molar-refractivity contribution in [2.45, 2.75) is 25.5 Å². The van der Waals surface area contributed by atoms with Gasteiger partial charge in [0.1, 0.15) is 17.7 Å². The summed E-state index contributed by atoms with van der Waals surface area (Å²) in [6, 6.07) is 16.5. The zero-order chi connectivity index (χ0) is 18.6. The molecule has 0 radical (unpaired) electrons. The van der Waals surface area contributed by atoms with Crippen LogP contribution < -0.4 is 15.8 Å². The SMILES string of the molecule is CN1CCC(Oc2cccc(NCc3ccc4c(N)nccc4c3)c2)CC1. The molecule has 27 heavy (non-hydrogen) atoms. The van der Waals surface area contributed by atoms with Gasteiger partial charge in [-0.2, -0.15) is 0 Å². The topological polar surface area (TPSA) is 63.4 Å². The maximum Gasteiger partial charge on any atom is 0.131 e. The van der Waals surface area contributed by atoms with Gasteiger partial charge in [-0.1, -0.05) is 18.2 Å². The van der Waals surface area contributed by atoms with Crippen molar-refractivity contribution in [3.8, 4) is 5.75 Å². The maximum atomic E-state index is 6.18. The average molecular weight is 362 g/mol. The van der Waals surface area contributed by atoms with Gasteiger partial charge in [-0.3, -0.25) is 0 Å². The van der Waals surface area contributed by atoms with Gasteiger partial charge in [0.05, 0.1) is 0 Å². The molecule has 1 saturated heterocycles. The van der Waals surface area contributed by atoms with Crippen molar-refractivity contribution >= 4 is 22.3 Å². The predicted octanol–water partition coefficient (Wildman–Crippen LogP) is 3.90. The molecule has 0 aliphatic carbocycles. The van der Waals surface area contributed by atoms with Gasteiger partial charge in [0.15, 0.2) is 0 Å².